The SMILES string of the molecule is COc1ccc(OCC2COC(C)O2)cc1. The van der Waals surface area contributed by atoms with Gasteiger partial charge in [-0.3, -0.25) is 0 Å². The van der Waals surface area contributed by atoms with Crippen LogP contribution < -0.4 is 9.47 Å². The molecule has 1 fully saturated rings. The van der Waals surface area contributed by atoms with E-state index in [9.17, 15) is 0 Å². The molecule has 0 aromatic heterocycles. The summed E-state index contributed by atoms with van der Waals surface area (Å²) in [4.78, 5) is 0. The standard InChI is InChI=1S/C12H16O4/c1-9-14-7-12(16-9)8-15-11-5-3-10(13-2)4-6-11/h3-6,9,12H,7-8H2,1-2H3. The molecule has 0 N–H and O–H groups in total. The Labute approximate surface area is 95.1 Å². The molecule has 0 saturated carbocycles. The Kier molecular flexibility index (Phi) is 3.64. The minimum Gasteiger partial charge on any atom is -0.497 e. The molecule has 4 nitrogen and oxygen atoms in total. The van der Waals surface area contributed by atoms with Crippen molar-refractivity contribution in [3.05, 3.63) is 24.3 Å². The zero-order valence-corrected chi connectivity index (χ0v) is 9.51. The molecule has 16 heavy (non-hydrogen) atoms. The Morgan fingerprint density at radius 1 is 1.25 bits per heavy atom. The zero-order valence-electron chi connectivity index (χ0n) is 9.51. The van der Waals surface area contributed by atoms with Gasteiger partial charge in [0.15, 0.2) is 6.29 Å². The van der Waals surface area contributed by atoms with Crippen LogP contribution in [0.4, 0.5) is 0 Å². The summed E-state index contributed by atoms with van der Waals surface area (Å²) in [6, 6.07) is 7.48. The highest BCUT2D eigenvalue weighted by atomic mass is 16.7. The summed E-state index contributed by atoms with van der Waals surface area (Å²) in [6.45, 7) is 2.99. The molecular weight excluding hydrogens is 208 g/mol. The van der Waals surface area contributed by atoms with Crippen LogP contribution in [0.25, 0.3) is 0 Å². The van der Waals surface area contributed by atoms with Crippen molar-refractivity contribution in [1.82, 2.24) is 0 Å². The number of methoxy groups -OCH3 is 1. The van der Waals surface area contributed by atoms with Crippen LogP contribution in [-0.4, -0.2) is 32.7 Å². The van der Waals surface area contributed by atoms with Crippen molar-refractivity contribution in [3.63, 3.8) is 0 Å². The first-order valence-electron chi connectivity index (χ1n) is 5.32. The maximum Gasteiger partial charge on any atom is 0.155 e. The summed E-state index contributed by atoms with van der Waals surface area (Å²) in [7, 11) is 1.64. The average molecular weight is 224 g/mol. The Morgan fingerprint density at radius 2 is 1.94 bits per heavy atom. The Hall–Kier alpha value is -1.26. The molecule has 1 saturated heterocycles. The summed E-state index contributed by atoms with van der Waals surface area (Å²) in [5, 5.41) is 0. The van der Waals surface area contributed by atoms with Gasteiger partial charge in [0.1, 0.15) is 24.2 Å². The van der Waals surface area contributed by atoms with Crippen molar-refractivity contribution in [2.45, 2.75) is 19.3 Å². The van der Waals surface area contributed by atoms with Gasteiger partial charge in [0.05, 0.1) is 13.7 Å². The molecule has 1 aromatic carbocycles. The van der Waals surface area contributed by atoms with Crippen LogP contribution in [-0.2, 0) is 9.47 Å². The normalized spacial score (nSPS) is 24.4. The predicted molar refractivity (Wildman–Crippen MR) is 58.8 cm³/mol. The number of benzene rings is 1. The molecule has 4 heteroatoms. The lowest BCUT2D eigenvalue weighted by Crippen LogP contribution is -2.20. The molecule has 1 aliphatic heterocycles. The molecule has 1 heterocycles. The van der Waals surface area contributed by atoms with Crippen LogP contribution >= 0.6 is 0 Å². The predicted octanol–water partition coefficient (Wildman–Crippen LogP) is 1.84. The van der Waals surface area contributed by atoms with Gasteiger partial charge >= 0.3 is 0 Å². The summed E-state index contributed by atoms with van der Waals surface area (Å²) in [5.41, 5.74) is 0. The van der Waals surface area contributed by atoms with Crippen molar-refractivity contribution in [2.24, 2.45) is 0 Å². The summed E-state index contributed by atoms with van der Waals surface area (Å²) in [5.74, 6) is 1.63. The lowest BCUT2D eigenvalue weighted by Gasteiger charge is -2.11. The first kappa shape index (κ1) is 11.2. The Balaban J connectivity index is 1.80. The number of rotatable bonds is 4. The summed E-state index contributed by atoms with van der Waals surface area (Å²) >= 11 is 0. The van der Waals surface area contributed by atoms with E-state index in [1.54, 1.807) is 7.11 Å². The number of hydrogen-bond acceptors (Lipinski definition) is 4. The molecular formula is C12H16O4. The van der Waals surface area contributed by atoms with Crippen molar-refractivity contribution >= 4 is 0 Å². The second-order valence-corrected chi connectivity index (χ2v) is 3.65. The van der Waals surface area contributed by atoms with Crippen molar-refractivity contribution in [1.29, 1.82) is 0 Å². The molecule has 2 unspecified atom stereocenters. The molecule has 0 amide bonds. The zero-order chi connectivity index (χ0) is 11.4. The van der Waals surface area contributed by atoms with Crippen LogP contribution in [0.5, 0.6) is 11.5 Å². The van der Waals surface area contributed by atoms with Gasteiger partial charge < -0.3 is 18.9 Å². The van der Waals surface area contributed by atoms with Crippen molar-refractivity contribution in [2.75, 3.05) is 20.3 Å². The molecule has 0 radical (unpaired) electrons. The third-order valence-corrected chi connectivity index (χ3v) is 2.40. The van der Waals surface area contributed by atoms with Crippen molar-refractivity contribution < 1.29 is 18.9 Å². The van der Waals surface area contributed by atoms with Crippen LogP contribution in [0.2, 0.25) is 0 Å². The van der Waals surface area contributed by atoms with E-state index in [1.807, 2.05) is 31.2 Å². The van der Waals surface area contributed by atoms with Gasteiger partial charge in [-0.05, 0) is 31.2 Å². The highest BCUT2D eigenvalue weighted by Gasteiger charge is 2.22. The van der Waals surface area contributed by atoms with E-state index in [2.05, 4.69) is 0 Å². The topological polar surface area (TPSA) is 36.9 Å². The minimum absolute atomic E-state index is 0.0251. The van der Waals surface area contributed by atoms with Crippen LogP contribution in [0.3, 0.4) is 0 Å². The monoisotopic (exact) mass is 224 g/mol. The second kappa shape index (κ2) is 5.18. The average Bonchev–Trinajstić information content (AvgIpc) is 2.73. The van der Waals surface area contributed by atoms with E-state index in [1.165, 1.54) is 0 Å². The maximum atomic E-state index is 5.58. The fourth-order valence-electron chi connectivity index (χ4n) is 1.54. The maximum absolute atomic E-state index is 5.58. The van der Waals surface area contributed by atoms with E-state index >= 15 is 0 Å². The van der Waals surface area contributed by atoms with E-state index in [4.69, 9.17) is 18.9 Å². The smallest absolute Gasteiger partial charge is 0.155 e. The van der Waals surface area contributed by atoms with E-state index in [0.717, 1.165) is 11.5 Å². The third kappa shape index (κ3) is 2.87. The molecule has 0 aliphatic carbocycles. The number of ether oxygens (including phenoxy) is 4. The molecule has 0 bridgehead atoms. The van der Waals surface area contributed by atoms with Gasteiger partial charge in [-0.25, -0.2) is 0 Å². The molecule has 2 rings (SSSR count). The largest absolute Gasteiger partial charge is 0.497 e. The van der Waals surface area contributed by atoms with Gasteiger partial charge in [0.2, 0.25) is 0 Å². The first-order valence-corrected chi connectivity index (χ1v) is 5.32. The quantitative estimate of drug-likeness (QED) is 0.782. The first-order chi connectivity index (χ1) is 7.78. The highest BCUT2D eigenvalue weighted by Crippen LogP contribution is 2.18. The van der Waals surface area contributed by atoms with Gasteiger partial charge in [0, 0.05) is 0 Å². The van der Waals surface area contributed by atoms with Gasteiger partial charge in [-0.1, -0.05) is 0 Å². The molecule has 2 atom stereocenters. The molecule has 1 aliphatic rings. The molecule has 88 valence electrons. The third-order valence-electron chi connectivity index (χ3n) is 2.40. The highest BCUT2D eigenvalue weighted by molar-refractivity contribution is 5.31. The Morgan fingerprint density at radius 3 is 2.50 bits per heavy atom. The van der Waals surface area contributed by atoms with E-state index < -0.39 is 0 Å². The van der Waals surface area contributed by atoms with Crippen LogP contribution in [0.15, 0.2) is 24.3 Å². The second-order valence-electron chi connectivity index (χ2n) is 3.65. The lowest BCUT2D eigenvalue weighted by molar-refractivity contribution is -0.0486. The molecule has 1 aromatic rings. The van der Waals surface area contributed by atoms with E-state index in [-0.39, 0.29) is 12.4 Å². The summed E-state index contributed by atoms with van der Waals surface area (Å²) in [6.07, 6.45) is -0.0958. The number of hydrogen-bond donors (Lipinski definition) is 0. The van der Waals surface area contributed by atoms with Gasteiger partial charge in [-0.15, -0.1) is 0 Å². The fourth-order valence-corrected chi connectivity index (χ4v) is 1.54. The summed E-state index contributed by atoms with van der Waals surface area (Å²) < 4.78 is 21.4. The Bertz CT molecular complexity index is 322. The van der Waals surface area contributed by atoms with Crippen LogP contribution in [0.1, 0.15) is 6.92 Å². The van der Waals surface area contributed by atoms with Gasteiger partial charge in [0.25, 0.3) is 0 Å². The van der Waals surface area contributed by atoms with Crippen molar-refractivity contribution in [3.8, 4) is 11.5 Å². The fraction of sp³-hybridized carbons (Fsp3) is 0.500. The van der Waals surface area contributed by atoms with Crippen LogP contribution in [0, 0.1) is 0 Å². The molecule has 0 spiro atoms. The lowest BCUT2D eigenvalue weighted by atomic mass is 10.3. The van der Waals surface area contributed by atoms with E-state index in [0.29, 0.717) is 13.2 Å². The van der Waals surface area contributed by atoms with Gasteiger partial charge in [-0.2, -0.15) is 0 Å². The minimum atomic E-state index is -0.121.